The van der Waals surface area contributed by atoms with Gasteiger partial charge in [-0.05, 0) is 35.1 Å². The summed E-state index contributed by atoms with van der Waals surface area (Å²) in [4.78, 5) is 0. The molecule has 0 unspecified atom stereocenters. The summed E-state index contributed by atoms with van der Waals surface area (Å²) >= 11 is 0. The molecule has 190 valence electrons. The van der Waals surface area contributed by atoms with Crippen LogP contribution in [0.15, 0.2) is 36.4 Å². The Morgan fingerprint density at radius 3 is 1.89 bits per heavy atom. The lowest BCUT2D eigenvalue weighted by Gasteiger charge is -2.33. The fourth-order valence-corrected chi connectivity index (χ4v) is 6.08. The summed E-state index contributed by atoms with van der Waals surface area (Å²) in [5.74, 6) is 0. The summed E-state index contributed by atoms with van der Waals surface area (Å²) in [6.45, 7) is 5.07. The smallest absolute Gasteiger partial charge is 0.308 e. The minimum Gasteiger partial charge on any atom is -0.432 e. The van der Waals surface area contributed by atoms with Gasteiger partial charge in [0.25, 0.3) is 0 Å². The van der Waals surface area contributed by atoms with E-state index >= 15 is 0 Å². The Morgan fingerprint density at radius 1 is 0.743 bits per heavy atom. The molecule has 0 heterocycles. The first-order valence-electron chi connectivity index (χ1n) is 14.6. The van der Waals surface area contributed by atoms with Crippen LogP contribution < -0.4 is 10.9 Å². The predicted molar refractivity (Wildman–Crippen MR) is 157 cm³/mol. The number of aliphatic hydroxyl groups excluding tert-OH is 1. The van der Waals surface area contributed by atoms with E-state index in [9.17, 15) is 0 Å². The first kappa shape index (κ1) is 28.1. The first-order chi connectivity index (χ1) is 17.2. The normalized spacial score (nSPS) is 13.6. The van der Waals surface area contributed by atoms with Gasteiger partial charge in [0, 0.05) is 5.41 Å². The molecule has 0 amide bonds. The SMILES string of the molecule is Bc1ccc2c(c1)C(CCCCCCCC)(CCCCCCCC)c1cc(BOCCO)ccc1-2. The van der Waals surface area contributed by atoms with E-state index in [1.54, 1.807) is 5.56 Å². The number of rotatable bonds is 18. The average molecular weight is 474 g/mol. The third-order valence-electron chi connectivity index (χ3n) is 8.00. The zero-order valence-corrected chi connectivity index (χ0v) is 22.8. The molecule has 0 aromatic heterocycles. The van der Waals surface area contributed by atoms with Crippen molar-refractivity contribution in [3.05, 3.63) is 47.5 Å². The molecule has 3 rings (SSSR count). The Balaban J connectivity index is 1.89. The minimum atomic E-state index is 0.0790. The molecule has 0 atom stereocenters. The van der Waals surface area contributed by atoms with Gasteiger partial charge in [0.15, 0.2) is 0 Å². The van der Waals surface area contributed by atoms with Gasteiger partial charge in [-0.25, -0.2) is 0 Å². The molecule has 1 aliphatic rings. The lowest BCUT2D eigenvalue weighted by atomic mass is 9.69. The largest absolute Gasteiger partial charge is 0.432 e. The van der Waals surface area contributed by atoms with Crippen LogP contribution in [0, 0.1) is 0 Å². The third kappa shape index (κ3) is 7.49. The van der Waals surface area contributed by atoms with Crippen molar-refractivity contribution in [2.24, 2.45) is 0 Å². The molecule has 0 saturated heterocycles. The number of unbranched alkanes of at least 4 members (excludes halogenated alkanes) is 10. The topological polar surface area (TPSA) is 29.5 Å². The van der Waals surface area contributed by atoms with E-state index in [0.717, 1.165) is 0 Å². The van der Waals surface area contributed by atoms with Crippen molar-refractivity contribution in [3.63, 3.8) is 0 Å². The Morgan fingerprint density at radius 2 is 1.29 bits per heavy atom. The second-order valence-corrected chi connectivity index (χ2v) is 10.8. The van der Waals surface area contributed by atoms with Gasteiger partial charge in [-0.2, -0.15) is 0 Å². The molecular weight excluding hydrogens is 426 g/mol. The van der Waals surface area contributed by atoms with E-state index in [0.29, 0.717) is 14.1 Å². The molecule has 0 bridgehead atoms. The fraction of sp³-hybridized carbons (Fsp3) is 0.613. The molecule has 0 fully saturated rings. The van der Waals surface area contributed by atoms with E-state index in [1.807, 2.05) is 0 Å². The van der Waals surface area contributed by atoms with Gasteiger partial charge in [0.05, 0.1) is 13.2 Å². The summed E-state index contributed by atoms with van der Waals surface area (Å²) in [5.41, 5.74) is 8.72. The molecular formula is C31H48B2O2. The van der Waals surface area contributed by atoms with Crippen LogP contribution in [0.2, 0.25) is 0 Å². The number of benzene rings is 2. The van der Waals surface area contributed by atoms with Crippen LogP contribution in [0.5, 0.6) is 0 Å². The summed E-state index contributed by atoms with van der Waals surface area (Å²) in [6, 6.07) is 14.2. The summed E-state index contributed by atoms with van der Waals surface area (Å²) in [7, 11) is 2.82. The van der Waals surface area contributed by atoms with E-state index in [4.69, 9.17) is 9.76 Å². The van der Waals surface area contributed by atoms with Crippen molar-refractivity contribution >= 4 is 26.3 Å². The van der Waals surface area contributed by atoms with Crippen LogP contribution in [-0.4, -0.2) is 33.6 Å². The van der Waals surface area contributed by atoms with Crippen LogP contribution in [0.1, 0.15) is 115 Å². The highest BCUT2D eigenvalue weighted by Crippen LogP contribution is 2.53. The van der Waals surface area contributed by atoms with E-state index in [1.165, 1.54) is 118 Å². The van der Waals surface area contributed by atoms with Gasteiger partial charge in [-0.1, -0.05) is 138 Å². The highest BCUT2D eigenvalue weighted by molar-refractivity contribution is 6.47. The number of hydrogen-bond acceptors (Lipinski definition) is 2. The van der Waals surface area contributed by atoms with Gasteiger partial charge in [0.1, 0.15) is 7.85 Å². The average Bonchev–Trinajstić information content (AvgIpc) is 3.12. The molecule has 0 radical (unpaired) electrons. The number of hydrogen-bond donors (Lipinski definition) is 1. The van der Waals surface area contributed by atoms with Gasteiger partial charge in [0.2, 0.25) is 0 Å². The van der Waals surface area contributed by atoms with Gasteiger partial charge in [-0.15, -0.1) is 0 Å². The first-order valence-corrected chi connectivity index (χ1v) is 14.6. The Kier molecular flexibility index (Phi) is 12.0. The highest BCUT2D eigenvalue weighted by atomic mass is 16.4. The Hall–Kier alpha value is -1.51. The summed E-state index contributed by atoms with van der Waals surface area (Å²) in [5, 5.41) is 9.15. The van der Waals surface area contributed by atoms with Crippen molar-refractivity contribution in [2.45, 2.75) is 109 Å². The molecule has 1 N–H and O–H groups in total. The van der Waals surface area contributed by atoms with Crippen LogP contribution >= 0.6 is 0 Å². The van der Waals surface area contributed by atoms with Gasteiger partial charge in [-0.3, -0.25) is 0 Å². The second kappa shape index (κ2) is 14.9. The van der Waals surface area contributed by atoms with E-state index in [2.05, 4.69) is 58.1 Å². The van der Waals surface area contributed by atoms with Gasteiger partial charge < -0.3 is 9.76 Å². The van der Waals surface area contributed by atoms with E-state index < -0.39 is 0 Å². The van der Waals surface area contributed by atoms with Crippen LogP contribution in [0.25, 0.3) is 11.1 Å². The minimum absolute atomic E-state index is 0.0790. The van der Waals surface area contributed by atoms with Crippen LogP contribution in [0.4, 0.5) is 0 Å². The molecule has 0 spiro atoms. The lowest BCUT2D eigenvalue weighted by molar-refractivity contribution is 0.209. The predicted octanol–water partition coefficient (Wildman–Crippen LogP) is 5.70. The fourth-order valence-electron chi connectivity index (χ4n) is 6.08. The molecule has 2 aromatic carbocycles. The Bertz CT molecular complexity index is 880. The molecule has 0 saturated carbocycles. The van der Waals surface area contributed by atoms with Crippen molar-refractivity contribution in [1.82, 2.24) is 0 Å². The Labute approximate surface area is 216 Å². The maximum atomic E-state index is 9.15. The zero-order valence-electron chi connectivity index (χ0n) is 22.8. The molecule has 0 aliphatic heterocycles. The quantitative estimate of drug-likeness (QED) is 0.222. The van der Waals surface area contributed by atoms with Crippen molar-refractivity contribution in [1.29, 1.82) is 0 Å². The van der Waals surface area contributed by atoms with Crippen LogP contribution in [0.3, 0.4) is 0 Å². The molecule has 2 nitrogen and oxygen atoms in total. The summed E-state index contributed by atoms with van der Waals surface area (Å²) < 4.78 is 5.72. The maximum Gasteiger partial charge on any atom is 0.308 e. The molecule has 2 aromatic rings. The second-order valence-electron chi connectivity index (χ2n) is 10.8. The monoisotopic (exact) mass is 474 g/mol. The van der Waals surface area contributed by atoms with Crippen molar-refractivity contribution in [2.75, 3.05) is 13.2 Å². The molecule has 1 aliphatic carbocycles. The number of fused-ring (bicyclic) bond motifs is 3. The zero-order chi connectivity index (χ0) is 24.9. The van der Waals surface area contributed by atoms with Crippen LogP contribution in [-0.2, 0) is 10.1 Å². The molecule has 4 heteroatoms. The van der Waals surface area contributed by atoms with Crippen molar-refractivity contribution in [3.8, 4) is 11.1 Å². The maximum absolute atomic E-state index is 9.15. The van der Waals surface area contributed by atoms with Crippen molar-refractivity contribution < 1.29 is 9.76 Å². The number of aliphatic hydroxyl groups is 1. The van der Waals surface area contributed by atoms with E-state index in [-0.39, 0.29) is 12.0 Å². The lowest BCUT2D eigenvalue weighted by Crippen LogP contribution is -2.29. The summed E-state index contributed by atoms with van der Waals surface area (Å²) in [6.07, 6.45) is 18.6. The molecule has 35 heavy (non-hydrogen) atoms. The third-order valence-corrected chi connectivity index (χ3v) is 8.00. The standard InChI is InChI=1S/C31H48B2O2/c1-3-5-7-9-11-13-19-31(20-14-12-10-8-6-4-2)29-23-25(32)15-17-27(29)28-18-16-26(24-30(28)31)33-35-22-21-34/h15-18,23-24,33-34H,3-14,19-22,32H2,1-2H3. The highest BCUT2D eigenvalue weighted by Gasteiger charge is 2.42. The van der Waals surface area contributed by atoms with Gasteiger partial charge >= 0.3 is 7.48 Å².